The summed E-state index contributed by atoms with van der Waals surface area (Å²) in [6.45, 7) is 4.26. The van der Waals surface area contributed by atoms with Gasteiger partial charge in [-0.3, -0.25) is 0 Å². The van der Waals surface area contributed by atoms with Gasteiger partial charge in [-0.15, -0.1) is 0 Å². The zero-order valence-electron chi connectivity index (χ0n) is 13.0. The van der Waals surface area contributed by atoms with E-state index in [1.54, 1.807) is 0 Å². The molecule has 22 heavy (non-hydrogen) atoms. The Balaban J connectivity index is 2.20. The lowest BCUT2D eigenvalue weighted by Crippen LogP contribution is -2.05. The van der Waals surface area contributed by atoms with Gasteiger partial charge >= 0.3 is 0 Å². The van der Waals surface area contributed by atoms with Crippen LogP contribution in [0, 0.1) is 13.8 Å². The van der Waals surface area contributed by atoms with Crippen molar-refractivity contribution in [1.82, 2.24) is 0 Å². The van der Waals surface area contributed by atoms with E-state index in [1.165, 1.54) is 16.7 Å². The van der Waals surface area contributed by atoms with Crippen molar-refractivity contribution in [3.8, 4) is 0 Å². The molecule has 0 unspecified atom stereocenters. The molecule has 0 spiro atoms. The number of aliphatic imine (C=N–C) groups is 1. The molecule has 0 fully saturated rings. The molecule has 3 aromatic rings. The zero-order chi connectivity index (χ0) is 15.4. The van der Waals surface area contributed by atoms with E-state index in [1.807, 2.05) is 36.4 Å². The maximum atomic E-state index is 4.92. The Hall–Kier alpha value is -2.67. The van der Waals surface area contributed by atoms with E-state index in [-0.39, 0.29) is 0 Å². The average Bonchev–Trinajstić information content (AvgIpc) is 2.57. The van der Waals surface area contributed by atoms with Crippen LogP contribution < -0.4 is 0 Å². The van der Waals surface area contributed by atoms with Gasteiger partial charge in [0.15, 0.2) is 0 Å². The first-order chi connectivity index (χ1) is 10.7. The smallest absolute Gasteiger partial charge is 0.0784 e. The van der Waals surface area contributed by atoms with Crippen molar-refractivity contribution >= 4 is 11.4 Å². The van der Waals surface area contributed by atoms with Gasteiger partial charge in [0.2, 0.25) is 0 Å². The maximum absolute atomic E-state index is 4.92. The first-order valence-electron chi connectivity index (χ1n) is 7.51. The molecule has 1 heteroatoms. The molecule has 0 aromatic heterocycles. The molecular weight excluding hydrogens is 266 g/mol. The average molecular weight is 285 g/mol. The van der Waals surface area contributed by atoms with Gasteiger partial charge in [0.25, 0.3) is 0 Å². The minimum atomic E-state index is 0.974. The van der Waals surface area contributed by atoms with E-state index in [4.69, 9.17) is 4.99 Å². The molecule has 0 amide bonds. The van der Waals surface area contributed by atoms with Crippen LogP contribution in [0.15, 0.2) is 83.9 Å². The zero-order valence-corrected chi connectivity index (χ0v) is 13.0. The van der Waals surface area contributed by atoms with Crippen LogP contribution in [-0.2, 0) is 0 Å². The van der Waals surface area contributed by atoms with Crippen LogP contribution in [0.4, 0.5) is 5.69 Å². The fourth-order valence-corrected chi connectivity index (χ4v) is 2.50. The summed E-state index contributed by atoms with van der Waals surface area (Å²) in [5, 5.41) is 0. The molecule has 1 nitrogen and oxygen atoms in total. The highest BCUT2D eigenvalue weighted by molar-refractivity contribution is 6.14. The summed E-state index contributed by atoms with van der Waals surface area (Å²) in [4.78, 5) is 4.92. The molecule has 0 N–H and O–H groups in total. The quantitative estimate of drug-likeness (QED) is 0.566. The summed E-state index contributed by atoms with van der Waals surface area (Å²) in [6.07, 6.45) is 0. The van der Waals surface area contributed by atoms with Crippen LogP contribution in [0.3, 0.4) is 0 Å². The fraction of sp³-hybridized carbons (Fsp3) is 0.0952. The van der Waals surface area contributed by atoms with Crippen LogP contribution in [-0.4, -0.2) is 5.71 Å². The second kappa shape index (κ2) is 6.40. The van der Waals surface area contributed by atoms with Gasteiger partial charge in [-0.2, -0.15) is 0 Å². The highest BCUT2D eigenvalue weighted by Crippen LogP contribution is 2.21. The van der Waals surface area contributed by atoms with Crippen molar-refractivity contribution < 1.29 is 0 Å². The third-order valence-corrected chi connectivity index (χ3v) is 3.69. The van der Waals surface area contributed by atoms with Crippen molar-refractivity contribution in [3.05, 3.63) is 101 Å². The van der Waals surface area contributed by atoms with E-state index >= 15 is 0 Å². The standard InChI is InChI=1S/C21H19N/c1-16-13-14-17(2)20(15-16)21(18-9-5-3-6-10-18)22-19-11-7-4-8-12-19/h3-15H,1-2H3/b22-21+. The molecule has 108 valence electrons. The summed E-state index contributed by atoms with van der Waals surface area (Å²) in [5.74, 6) is 0. The molecule has 0 aliphatic carbocycles. The first-order valence-corrected chi connectivity index (χ1v) is 7.51. The number of rotatable bonds is 3. The summed E-state index contributed by atoms with van der Waals surface area (Å²) in [5.41, 5.74) is 6.81. The summed E-state index contributed by atoms with van der Waals surface area (Å²) in [6, 6.07) is 27.0. The normalized spacial score (nSPS) is 11.5. The maximum Gasteiger partial charge on any atom is 0.0784 e. The van der Waals surface area contributed by atoms with E-state index in [9.17, 15) is 0 Å². The molecule has 0 aliphatic heterocycles. The number of nitrogens with zero attached hydrogens (tertiary/aromatic N) is 1. The largest absolute Gasteiger partial charge is 0.248 e. The highest BCUT2D eigenvalue weighted by Gasteiger charge is 2.10. The Labute approximate surface area is 132 Å². The minimum absolute atomic E-state index is 0.974. The Morgan fingerprint density at radius 3 is 2.05 bits per heavy atom. The van der Waals surface area contributed by atoms with Crippen LogP contribution in [0.2, 0.25) is 0 Å². The first kappa shape index (κ1) is 14.3. The van der Waals surface area contributed by atoms with Crippen molar-refractivity contribution in [1.29, 1.82) is 0 Å². The van der Waals surface area contributed by atoms with Gasteiger partial charge < -0.3 is 0 Å². The van der Waals surface area contributed by atoms with Gasteiger partial charge in [0.1, 0.15) is 0 Å². The lowest BCUT2D eigenvalue weighted by atomic mass is 9.96. The number of hydrogen-bond donors (Lipinski definition) is 0. The van der Waals surface area contributed by atoms with Crippen LogP contribution in [0.25, 0.3) is 0 Å². The molecule has 0 atom stereocenters. The van der Waals surface area contributed by atoms with Crippen molar-refractivity contribution in [2.24, 2.45) is 4.99 Å². The molecule has 3 aromatic carbocycles. The number of aryl methyl sites for hydroxylation is 2. The number of para-hydroxylation sites is 1. The third kappa shape index (κ3) is 3.15. The molecule has 3 rings (SSSR count). The molecule has 0 saturated heterocycles. The second-order valence-corrected chi connectivity index (χ2v) is 5.48. The number of hydrogen-bond acceptors (Lipinski definition) is 1. The molecule has 0 heterocycles. The van der Waals surface area contributed by atoms with Gasteiger partial charge in [0, 0.05) is 11.1 Å². The van der Waals surface area contributed by atoms with Crippen molar-refractivity contribution in [3.63, 3.8) is 0 Å². The van der Waals surface area contributed by atoms with Crippen molar-refractivity contribution in [2.45, 2.75) is 13.8 Å². The van der Waals surface area contributed by atoms with Gasteiger partial charge in [-0.05, 0) is 37.6 Å². The molecule has 0 bridgehead atoms. The lowest BCUT2D eigenvalue weighted by molar-refractivity contribution is 1.36. The topological polar surface area (TPSA) is 12.4 Å². The highest BCUT2D eigenvalue weighted by atomic mass is 14.7. The SMILES string of the molecule is Cc1ccc(C)c(/C(=N/c2ccccc2)c2ccccc2)c1. The lowest BCUT2D eigenvalue weighted by Gasteiger charge is -2.11. The minimum Gasteiger partial charge on any atom is -0.248 e. The van der Waals surface area contributed by atoms with Crippen LogP contribution in [0.5, 0.6) is 0 Å². The second-order valence-electron chi connectivity index (χ2n) is 5.48. The Bertz CT molecular complexity index is 787. The summed E-state index contributed by atoms with van der Waals surface area (Å²) >= 11 is 0. The molecular formula is C21H19N. The Kier molecular flexibility index (Phi) is 4.15. The van der Waals surface area contributed by atoms with Gasteiger partial charge in [0.05, 0.1) is 11.4 Å². The van der Waals surface area contributed by atoms with E-state index in [2.05, 4.69) is 56.3 Å². The van der Waals surface area contributed by atoms with Gasteiger partial charge in [-0.1, -0.05) is 66.2 Å². The van der Waals surface area contributed by atoms with E-state index < -0.39 is 0 Å². The van der Waals surface area contributed by atoms with E-state index in [0.29, 0.717) is 0 Å². The summed E-state index contributed by atoms with van der Waals surface area (Å²) < 4.78 is 0. The predicted molar refractivity (Wildman–Crippen MR) is 94.1 cm³/mol. The van der Waals surface area contributed by atoms with Gasteiger partial charge in [-0.25, -0.2) is 4.99 Å². The summed E-state index contributed by atoms with van der Waals surface area (Å²) in [7, 11) is 0. The fourth-order valence-electron chi connectivity index (χ4n) is 2.50. The Morgan fingerprint density at radius 2 is 1.36 bits per heavy atom. The molecule has 0 saturated carbocycles. The molecule has 0 aliphatic rings. The van der Waals surface area contributed by atoms with Crippen molar-refractivity contribution in [2.75, 3.05) is 0 Å². The number of benzene rings is 3. The Morgan fingerprint density at radius 1 is 0.727 bits per heavy atom. The third-order valence-electron chi connectivity index (χ3n) is 3.69. The van der Waals surface area contributed by atoms with Crippen LogP contribution in [0.1, 0.15) is 22.3 Å². The van der Waals surface area contributed by atoms with Crippen LogP contribution >= 0.6 is 0 Å². The molecule has 0 radical (unpaired) electrons. The van der Waals surface area contributed by atoms with E-state index in [0.717, 1.165) is 17.0 Å². The monoisotopic (exact) mass is 285 g/mol. The predicted octanol–water partition coefficient (Wildman–Crippen LogP) is 5.47.